The number of hydrogen-bond donors (Lipinski definition) is 9. The molecule has 0 aromatic heterocycles. The van der Waals surface area contributed by atoms with Gasteiger partial charge in [0.1, 0.15) is 48.3 Å². The molecule has 1 rings (SSSR count). The number of carbonyl (C=O) groups excluding carboxylic acids is 11. The second-order valence-corrected chi connectivity index (χ2v) is 22.2. The molecular weight excluding hydrogens is 995 g/mol. The van der Waals surface area contributed by atoms with Crippen molar-refractivity contribution in [3.63, 3.8) is 0 Å². The van der Waals surface area contributed by atoms with Gasteiger partial charge in [-0.15, -0.1) is 0 Å². The summed E-state index contributed by atoms with van der Waals surface area (Å²) in [7, 11) is 4.32. The third kappa shape index (κ3) is 21.8. The van der Waals surface area contributed by atoms with Crippen LogP contribution in [0, 0.1) is 35.5 Å². The van der Waals surface area contributed by atoms with Crippen molar-refractivity contribution in [1.29, 1.82) is 0 Å². The molecule has 0 aromatic rings. The van der Waals surface area contributed by atoms with Gasteiger partial charge < -0.3 is 62.3 Å². The van der Waals surface area contributed by atoms with Crippen molar-refractivity contribution >= 4 is 65.0 Å². The van der Waals surface area contributed by atoms with E-state index in [0.717, 1.165) is 0 Å². The Morgan fingerprint density at radius 1 is 0.442 bits per heavy atom. The van der Waals surface area contributed by atoms with E-state index in [-0.39, 0.29) is 75.4 Å². The van der Waals surface area contributed by atoms with E-state index in [2.05, 4.69) is 42.5 Å². The van der Waals surface area contributed by atoms with E-state index < -0.39 is 131 Å². The number of nitrogens with zero attached hydrogens (tertiary/aromatic N) is 3. The fourth-order valence-corrected chi connectivity index (χ4v) is 9.25. The minimum atomic E-state index is -1.51. The van der Waals surface area contributed by atoms with Gasteiger partial charge in [-0.1, -0.05) is 102 Å². The summed E-state index contributed by atoms with van der Waals surface area (Å²) < 4.78 is 0. The Morgan fingerprint density at radius 3 is 1.19 bits per heavy atom. The van der Waals surface area contributed by atoms with E-state index in [9.17, 15) is 57.8 Å². The lowest BCUT2D eigenvalue weighted by Crippen LogP contribution is -2.61. The highest BCUT2D eigenvalue weighted by molar-refractivity contribution is 5.97. The summed E-state index contributed by atoms with van der Waals surface area (Å²) in [5.74, 6) is -8.66. The van der Waals surface area contributed by atoms with Gasteiger partial charge in [0.15, 0.2) is 0 Å². The molecule has 23 heteroatoms. The highest BCUT2D eigenvalue weighted by Gasteiger charge is 2.40. The van der Waals surface area contributed by atoms with Crippen LogP contribution in [-0.4, -0.2) is 180 Å². The molecule has 11 amide bonds. The minimum Gasteiger partial charge on any atom is -0.391 e. The Bertz CT molecular complexity index is 2020. The lowest BCUT2D eigenvalue weighted by molar-refractivity contribution is -0.145. The number of carbonyl (C=O) groups is 11. The molecule has 0 spiro atoms. The molecule has 0 radical (unpaired) electrons. The molecule has 77 heavy (non-hydrogen) atoms. The number of aliphatic hydroxyl groups excluding tert-OH is 1. The summed E-state index contributed by atoms with van der Waals surface area (Å²) in [4.78, 5) is 156. The van der Waals surface area contributed by atoms with Crippen LogP contribution in [-0.2, 0) is 52.7 Å². The topological polar surface area (TPSA) is 314 Å². The first-order valence-corrected chi connectivity index (χ1v) is 27.7. The summed E-state index contributed by atoms with van der Waals surface area (Å²) in [5.41, 5.74) is 0. The van der Waals surface area contributed by atoms with Gasteiger partial charge in [0.2, 0.25) is 65.0 Å². The Labute approximate surface area is 457 Å². The molecule has 0 unspecified atom stereocenters. The lowest BCUT2D eigenvalue weighted by Gasteiger charge is -2.35. The molecular formula is C54H97N11O12. The van der Waals surface area contributed by atoms with Crippen molar-refractivity contribution in [3.8, 4) is 0 Å². The van der Waals surface area contributed by atoms with Crippen LogP contribution in [0.3, 0.4) is 0 Å². The van der Waals surface area contributed by atoms with Gasteiger partial charge in [-0.25, -0.2) is 0 Å². The van der Waals surface area contributed by atoms with E-state index >= 15 is 0 Å². The van der Waals surface area contributed by atoms with Gasteiger partial charge in [-0.3, -0.25) is 52.7 Å². The van der Waals surface area contributed by atoms with E-state index in [1.54, 1.807) is 34.6 Å². The second kappa shape index (κ2) is 33.4. The smallest absolute Gasteiger partial charge is 0.245 e. The Hall–Kier alpha value is -5.87. The molecule has 1 saturated heterocycles. The first-order valence-electron chi connectivity index (χ1n) is 27.7. The highest BCUT2D eigenvalue weighted by Crippen LogP contribution is 2.21. The van der Waals surface area contributed by atoms with Gasteiger partial charge in [0, 0.05) is 60.0 Å². The van der Waals surface area contributed by atoms with Crippen LogP contribution in [0.1, 0.15) is 148 Å². The molecule has 23 nitrogen and oxygen atoms in total. The van der Waals surface area contributed by atoms with E-state index in [0.29, 0.717) is 19.3 Å². The SMILES string of the molecule is CC[C@H](C)[C@H]1C(=O)NCCC(=O)N[C@H]([C@@H](C)CC)C(=O)N(C)[C@H](C(C)C)C(=O)N[C@H](C)C(=O)NCCC(=O)N[C@H](CC(C)C)C(=O)N(C)[C@H]([C@@H](C)CC)C(=O)N[C@@H]([C@@H](C)O)C(=O)NCCC(=O)N[C@H](CC(C)C)C(=O)N1C. The first kappa shape index (κ1) is 69.1. The van der Waals surface area contributed by atoms with E-state index in [1.807, 2.05) is 48.5 Å². The van der Waals surface area contributed by atoms with Gasteiger partial charge in [0.25, 0.3) is 0 Å². The average Bonchev–Trinajstić information content (AvgIpc) is 3.34. The zero-order valence-electron chi connectivity index (χ0n) is 49.2. The summed E-state index contributed by atoms with van der Waals surface area (Å²) >= 11 is 0. The average molecular weight is 1090 g/mol. The monoisotopic (exact) mass is 1090 g/mol. The molecule has 12 atom stereocenters. The lowest BCUT2D eigenvalue weighted by atomic mass is 9.94. The van der Waals surface area contributed by atoms with Crippen LogP contribution in [0.15, 0.2) is 0 Å². The van der Waals surface area contributed by atoms with Crippen LogP contribution in [0.2, 0.25) is 0 Å². The van der Waals surface area contributed by atoms with Gasteiger partial charge in [-0.2, -0.15) is 0 Å². The van der Waals surface area contributed by atoms with Gasteiger partial charge >= 0.3 is 0 Å². The molecule has 1 heterocycles. The maximum absolute atomic E-state index is 14.2. The molecule has 0 aromatic carbocycles. The first-order chi connectivity index (χ1) is 35.9. The van der Waals surface area contributed by atoms with Crippen molar-refractivity contribution in [2.75, 3.05) is 40.8 Å². The quantitative estimate of drug-likeness (QED) is 0.131. The normalized spacial score (nSPS) is 26.9. The molecule has 1 aliphatic heterocycles. The molecule has 0 bridgehead atoms. The Kier molecular flexibility index (Phi) is 30.0. The fourth-order valence-electron chi connectivity index (χ4n) is 9.25. The predicted molar refractivity (Wildman–Crippen MR) is 292 cm³/mol. The van der Waals surface area contributed by atoms with Crippen molar-refractivity contribution in [1.82, 2.24) is 57.2 Å². The number of nitrogens with one attached hydrogen (secondary N) is 8. The summed E-state index contributed by atoms with van der Waals surface area (Å²) in [6.45, 7) is 23.9. The largest absolute Gasteiger partial charge is 0.391 e. The third-order valence-corrected chi connectivity index (χ3v) is 14.3. The van der Waals surface area contributed by atoms with Crippen LogP contribution >= 0.6 is 0 Å². The number of rotatable bonds is 12. The van der Waals surface area contributed by atoms with Gasteiger partial charge in [-0.05, 0) is 62.2 Å². The number of likely N-dealkylation sites (N-methyl/N-ethyl adjacent to an activating group) is 3. The van der Waals surface area contributed by atoms with Crippen molar-refractivity contribution in [2.24, 2.45) is 35.5 Å². The zero-order chi connectivity index (χ0) is 59.2. The predicted octanol–water partition coefficient (Wildman–Crippen LogP) is 0.711. The van der Waals surface area contributed by atoms with Crippen molar-refractivity contribution in [3.05, 3.63) is 0 Å². The number of amides is 11. The summed E-state index contributed by atoms with van der Waals surface area (Å²) in [6.07, 6.45) is -0.438. The van der Waals surface area contributed by atoms with E-state index in [1.165, 1.54) is 49.7 Å². The van der Waals surface area contributed by atoms with E-state index in [4.69, 9.17) is 0 Å². The third-order valence-electron chi connectivity index (χ3n) is 14.3. The number of aliphatic hydroxyl groups is 1. The maximum Gasteiger partial charge on any atom is 0.245 e. The number of hydrogen-bond acceptors (Lipinski definition) is 12. The Morgan fingerprint density at radius 2 is 0.805 bits per heavy atom. The molecule has 440 valence electrons. The highest BCUT2D eigenvalue weighted by atomic mass is 16.3. The molecule has 0 aliphatic carbocycles. The molecule has 0 saturated carbocycles. The van der Waals surface area contributed by atoms with Crippen LogP contribution in [0.5, 0.6) is 0 Å². The molecule has 9 N–H and O–H groups in total. The van der Waals surface area contributed by atoms with Crippen LogP contribution in [0.25, 0.3) is 0 Å². The van der Waals surface area contributed by atoms with Crippen molar-refractivity contribution in [2.45, 2.75) is 203 Å². The molecule has 1 fully saturated rings. The minimum absolute atomic E-state index is 0.0816. The van der Waals surface area contributed by atoms with Crippen LogP contribution < -0.4 is 42.5 Å². The standard InChI is InChI=1S/C54H97N11O12/c1-18-32(10)42-54(77)63(15)44(31(8)9)50(73)58-35(13)47(70)55-24-21-39(67)60-38(28-30(6)7)53(76)65(17)46(34(12)20-3)51(74)62-43(36(14)66)48(71)56-25-22-40(68)59-37(27-29(4)5)52(75)64(16)45(33(11)19-2)49(72)57-26-23-41(69)61-42/h29-38,42-46,66H,18-28H2,1-17H3,(H,55,70)(H,56,71)(H,57,72)(H,58,73)(H,59,68)(H,60,67)(H,61,69)(H,62,74)/t32-,33-,34-,35+,36+,37+,38+,42+,43-,44+,45-,46+/m0/s1. The fraction of sp³-hybridized carbons (Fsp3) is 0.796. The maximum atomic E-state index is 14.2. The second-order valence-electron chi connectivity index (χ2n) is 22.2. The zero-order valence-corrected chi connectivity index (χ0v) is 49.2. The van der Waals surface area contributed by atoms with Crippen molar-refractivity contribution < 1.29 is 57.8 Å². The summed E-state index contributed by atoms with van der Waals surface area (Å²) in [6, 6.07) is -9.12. The summed E-state index contributed by atoms with van der Waals surface area (Å²) in [5, 5.41) is 32.3. The molecule has 1 aliphatic rings. The van der Waals surface area contributed by atoms with Crippen LogP contribution in [0.4, 0.5) is 0 Å². The van der Waals surface area contributed by atoms with Gasteiger partial charge in [0.05, 0.1) is 6.10 Å². The Balaban J connectivity index is 3.76.